The first-order chi connectivity index (χ1) is 19.9. The van der Waals surface area contributed by atoms with Gasteiger partial charge < -0.3 is 20.1 Å². The molecule has 0 spiro atoms. The zero-order chi connectivity index (χ0) is 29.5. The van der Waals surface area contributed by atoms with Crippen molar-refractivity contribution in [2.45, 2.75) is 62.9 Å². The van der Waals surface area contributed by atoms with Gasteiger partial charge in [-0.15, -0.1) is 13.2 Å². The molecule has 3 rings (SSSR count). The summed E-state index contributed by atoms with van der Waals surface area (Å²) in [5, 5.41) is 13.0. The lowest BCUT2D eigenvalue weighted by Gasteiger charge is -2.36. The van der Waals surface area contributed by atoms with Crippen LogP contribution in [-0.4, -0.2) is 58.8 Å². The summed E-state index contributed by atoms with van der Waals surface area (Å²) in [6.45, 7) is 7.80. The lowest BCUT2D eigenvalue weighted by atomic mass is 9.92. The first-order valence-corrected chi connectivity index (χ1v) is 15.4. The van der Waals surface area contributed by atoms with Gasteiger partial charge in [0, 0.05) is 30.9 Å². The van der Waals surface area contributed by atoms with E-state index in [0.29, 0.717) is 38.0 Å². The van der Waals surface area contributed by atoms with Crippen molar-refractivity contribution in [1.29, 1.82) is 0 Å². The number of thioether (sulfide) groups is 1. The number of benzene rings is 2. The van der Waals surface area contributed by atoms with Crippen LogP contribution in [0.15, 0.2) is 79.9 Å². The summed E-state index contributed by atoms with van der Waals surface area (Å²) in [6.07, 6.45) is 6.02. The van der Waals surface area contributed by atoms with Gasteiger partial charge in [-0.3, -0.25) is 14.4 Å². The van der Waals surface area contributed by atoms with E-state index in [4.69, 9.17) is 4.74 Å². The van der Waals surface area contributed by atoms with Crippen LogP contribution in [0, 0.1) is 5.92 Å². The fourth-order valence-corrected chi connectivity index (χ4v) is 5.87. The number of amides is 2. The number of unbranched alkanes of at least 4 members (excludes halogenated alkanes) is 1. The van der Waals surface area contributed by atoms with Crippen LogP contribution in [0.1, 0.15) is 48.8 Å². The monoisotopic (exact) mass is 578 g/mol. The Morgan fingerprint density at radius 1 is 1.07 bits per heavy atom. The molecule has 2 amide bonds. The Labute approximate surface area is 248 Å². The number of ether oxygens (including phenoxy) is 1. The predicted octanol–water partition coefficient (Wildman–Crippen LogP) is 4.83. The van der Waals surface area contributed by atoms with E-state index in [1.807, 2.05) is 54.6 Å². The minimum Gasteiger partial charge on any atom is -0.463 e. The number of rotatable bonds is 17. The molecule has 0 aliphatic carbocycles. The molecule has 3 unspecified atom stereocenters. The number of hydrogen-bond donors (Lipinski definition) is 2. The summed E-state index contributed by atoms with van der Waals surface area (Å²) < 4.78 is 5.51. The highest BCUT2D eigenvalue weighted by molar-refractivity contribution is 7.98. The van der Waals surface area contributed by atoms with Crippen molar-refractivity contribution >= 4 is 29.5 Å². The third-order valence-corrected chi connectivity index (χ3v) is 8.32. The normalized spacial score (nSPS) is 15.7. The van der Waals surface area contributed by atoms with Crippen LogP contribution < -0.4 is 5.32 Å². The smallest absolute Gasteiger partial charge is 0.305 e. The van der Waals surface area contributed by atoms with Crippen molar-refractivity contribution < 1.29 is 24.2 Å². The Kier molecular flexibility index (Phi) is 13.7. The average molecular weight is 579 g/mol. The van der Waals surface area contributed by atoms with Crippen molar-refractivity contribution in [3.05, 3.63) is 96.6 Å². The molecule has 2 N–H and O–H groups in total. The number of hydrogen-bond acceptors (Lipinski definition) is 6. The van der Waals surface area contributed by atoms with Crippen molar-refractivity contribution in [1.82, 2.24) is 10.2 Å². The fraction of sp³-hybridized carbons (Fsp3) is 0.424. The Bertz CT molecular complexity index is 1160. The summed E-state index contributed by atoms with van der Waals surface area (Å²) in [5.74, 6) is -0.0777. The van der Waals surface area contributed by atoms with Gasteiger partial charge in [-0.05, 0) is 42.4 Å². The number of nitrogens with zero attached hydrogens (tertiary/aromatic N) is 1. The van der Waals surface area contributed by atoms with E-state index in [9.17, 15) is 19.5 Å². The number of esters is 1. The SMILES string of the molecule is C=CCCCC(=O)OCC(CSCc1ccccc1)NC(=O)C(CC=C)CC(=O)N1Cc2ccccc2CC1CO. The molecule has 0 aromatic heterocycles. The summed E-state index contributed by atoms with van der Waals surface area (Å²) in [7, 11) is 0. The van der Waals surface area contributed by atoms with Gasteiger partial charge in [-0.25, -0.2) is 0 Å². The maximum atomic E-state index is 13.5. The topological polar surface area (TPSA) is 95.9 Å². The Balaban J connectivity index is 1.63. The maximum Gasteiger partial charge on any atom is 0.305 e. The van der Waals surface area contributed by atoms with E-state index in [2.05, 4.69) is 18.5 Å². The highest BCUT2D eigenvalue weighted by atomic mass is 32.2. The standard InChI is InChI=1S/C33H42N2O5S/c1-3-5-7-17-32(38)40-22-29(24-41-23-25-13-8-6-9-14-25)34-33(39)27(12-4-2)19-31(37)35-20-28-16-11-10-15-26(28)18-30(35)21-36/h3-4,6,8-11,13-16,27,29-30,36H,1-2,5,7,12,17-24H2,(H,34,39). The number of aliphatic hydroxyl groups excluding tert-OH is 1. The molecule has 41 heavy (non-hydrogen) atoms. The summed E-state index contributed by atoms with van der Waals surface area (Å²) in [4.78, 5) is 40.8. The molecule has 8 heteroatoms. The van der Waals surface area contributed by atoms with Crippen LogP contribution in [0.5, 0.6) is 0 Å². The average Bonchev–Trinajstić information content (AvgIpc) is 2.99. The number of fused-ring (bicyclic) bond motifs is 1. The number of allylic oxidation sites excluding steroid dienone is 2. The molecule has 7 nitrogen and oxygen atoms in total. The lowest BCUT2D eigenvalue weighted by Crippen LogP contribution is -2.48. The molecule has 0 saturated heterocycles. The van der Waals surface area contributed by atoms with Crippen molar-refractivity contribution in [2.24, 2.45) is 5.92 Å². The van der Waals surface area contributed by atoms with Gasteiger partial charge in [0.25, 0.3) is 0 Å². The van der Waals surface area contributed by atoms with Crippen LogP contribution in [0.4, 0.5) is 0 Å². The van der Waals surface area contributed by atoms with Crippen LogP contribution in [-0.2, 0) is 37.8 Å². The van der Waals surface area contributed by atoms with E-state index in [1.165, 1.54) is 5.56 Å². The van der Waals surface area contributed by atoms with E-state index < -0.39 is 12.0 Å². The minimum atomic E-state index is -0.624. The van der Waals surface area contributed by atoms with Crippen LogP contribution in [0.3, 0.4) is 0 Å². The molecular weight excluding hydrogens is 536 g/mol. The second-order valence-electron chi connectivity index (χ2n) is 10.3. The summed E-state index contributed by atoms with van der Waals surface area (Å²) >= 11 is 1.65. The zero-order valence-corrected chi connectivity index (χ0v) is 24.5. The second kappa shape index (κ2) is 17.5. The molecular formula is C33H42N2O5S. The number of nitrogens with one attached hydrogen (secondary N) is 1. The van der Waals surface area contributed by atoms with E-state index in [1.54, 1.807) is 28.8 Å². The van der Waals surface area contributed by atoms with Crippen LogP contribution >= 0.6 is 11.8 Å². The van der Waals surface area contributed by atoms with Gasteiger partial charge in [0.05, 0.1) is 24.6 Å². The Morgan fingerprint density at radius 2 is 1.80 bits per heavy atom. The molecule has 2 aromatic rings. The minimum absolute atomic E-state index is 0.00173. The molecule has 3 atom stereocenters. The van der Waals surface area contributed by atoms with Crippen LogP contribution in [0.25, 0.3) is 0 Å². The van der Waals surface area contributed by atoms with Gasteiger partial charge in [0.2, 0.25) is 11.8 Å². The van der Waals surface area contributed by atoms with Crippen molar-refractivity contribution in [3.8, 4) is 0 Å². The van der Waals surface area contributed by atoms with Crippen molar-refractivity contribution in [2.75, 3.05) is 19.0 Å². The molecule has 0 bridgehead atoms. The number of aliphatic hydroxyl groups is 1. The van der Waals surface area contributed by atoms with Crippen LogP contribution in [0.2, 0.25) is 0 Å². The molecule has 1 heterocycles. The van der Waals surface area contributed by atoms with Gasteiger partial charge in [0.15, 0.2) is 0 Å². The van der Waals surface area contributed by atoms with Gasteiger partial charge in [0.1, 0.15) is 6.61 Å². The fourth-order valence-electron chi connectivity index (χ4n) is 4.85. The van der Waals surface area contributed by atoms with Crippen molar-refractivity contribution in [3.63, 3.8) is 0 Å². The van der Waals surface area contributed by atoms with E-state index in [-0.39, 0.29) is 43.5 Å². The maximum absolute atomic E-state index is 13.5. The molecule has 0 saturated carbocycles. The largest absolute Gasteiger partial charge is 0.463 e. The summed E-state index contributed by atoms with van der Waals surface area (Å²) in [5.41, 5.74) is 3.35. The Morgan fingerprint density at radius 3 is 2.51 bits per heavy atom. The van der Waals surface area contributed by atoms with Gasteiger partial charge in [-0.1, -0.05) is 66.7 Å². The number of carbonyl (C=O) groups excluding carboxylic acids is 3. The Hall–Kier alpha value is -3.36. The third kappa shape index (κ3) is 10.5. The highest BCUT2D eigenvalue weighted by Gasteiger charge is 2.32. The van der Waals surface area contributed by atoms with E-state index in [0.717, 1.165) is 23.3 Å². The first kappa shape index (κ1) is 32.2. The molecule has 2 aromatic carbocycles. The van der Waals surface area contributed by atoms with Gasteiger partial charge in [-0.2, -0.15) is 11.8 Å². The first-order valence-electron chi connectivity index (χ1n) is 14.2. The second-order valence-corrected chi connectivity index (χ2v) is 11.4. The quantitative estimate of drug-likeness (QED) is 0.159. The summed E-state index contributed by atoms with van der Waals surface area (Å²) in [6, 6.07) is 17.2. The molecule has 1 aliphatic heterocycles. The molecule has 220 valence electrons. The lowest BCUT2D eigenvalue weighted by molar-refractivity contribution is -0.145. The molecule has 0 radical (unpaired) electrons. The van der Waals surface area contributed by atoms with Gasteiger partial charge >= 0.3 is 5.97 Å². The van der Waals surface area contributed by atoms with E-state index >= 15 is 0 Å². The third-order valence-electron chi connectivity index (χ3n) is 7.14. The predicted molar refractivity (Wildman–Crippen MR) is 164 cm³/mol. The molecule has 0 fully saturated rings. The zero-order valence-electron chi connectivity index (χ0n) is 23.7. The highest BCUT2D eigenvalue weighted by Crippen LogP contribution is 2.25. The molecule has 1 aliphatic rings. The number of carbonyl (C=O) groups is 3.